The first-order valence-corrected chi connectivity index (χ1v) is 12.9. The van der Waals surface area contributed by atoms with E-state index in [1.165, 1.54) is 16.4 Å². The fraction of sp³-hybridized carbons (Fsp3) is 0.250. The molecular formula is C24H23N7O4S. The minimum atomic E-state index is -3.95. The zero-order valence-electron chi connectivity index (χ0n) is 19.1. The predicted octanol–water partition coefficient (Wildman–Crippen LogP) is 1.41. The minimum absolute atomic E-state index is 0.0257. The summed E-state index contributed by atoms with van der Waals surface area (Å²) in [5.41, 5.74) is 8.00. The van der Waals surface area contributed by atoms with Crippen molar-refractivity contribution in [3.63, 3.8) is 0 Å². The second-order valence-electron chi connectivity index (χ2n) is 8.74. The zero-order chi connectivity index (χ0) is 24.9. The van der Waals surface area contributed by atoms with Crippen molar-refractivity contribution >= 4 is 38.6 Å². The maximum Gasteiger partial charge on any atom is 0.269 e. The number of nitrogens with zero attached hydrogens (tertiary/aromatic N) is 5. The molecular weight excluding hydrogens is 482 g/mol. The quantitative estimate of drug-likeness (QED) is 0.420. The summed E-state index contributed by atoms with van der Waals surface area (Å²) in [5, 5.41) is 3.63. The number of anilines is 2. The third-order valence-corrected chi connectivity index (χ3v) is 8.22. The number of fused-ring (bicyclic) bond motifs is 2. The van der Waals surface area contributed by atoms with Crippen LogP contribution in [0.15, 0.2) is 66.0 Å². The maximum absolute atomic E-state index is 13.7. The van der Waals surface area contributed by atoms with E-state index in [2.05, 4.69) is 25.2 Å². The summed E-state index contributed by atoms with van der Waals surface area (Å²) in [6, 6.07) is 11.7. The van der Waals surface area contributed by atoms with Gasteiger partial charge in [0.2, 0.25) is 11.9 Å². The molecule has 2 saturated heterocycles. The van der Waals surface area contributed by atoms with Crippen LogP contribution in [0.4, 0.5) is 11.6 Å². The number of carbonyl (C=O) groups excluding carboxylic acids is 1. The Kier molecular flexibility index (Phi) is 5.34. The first-order valence-electron chi connectivity index (χ1n) is 11.5. The number of benzene rings is 1. The Morgan fingerprint density at radius 2 is 1.89 bits per heavy atom. The number of nitrogen functional groups attached to an aromatic ring is 1. The molecule has 11 nitrogen and oxygen atoms in total. The van der Waals surface area contributed by atoms with Crippen LogP contribution in [0.2, 0.25) is 0 Å². The van der Waals surface area contributed by atoms with E-state index < -0.39 is 10.0 Å². The van der Waals surface area contributed by atoms with Crippen molar-refractivity contribution in [1.29, 1.82) is 0 Å². The molecule has 3 N–H and O–H groups in total. The Bertz CT molecular complexity index is 1570. The van der Waals surface area contributed by atoms with Crippen LogP contribution in [0, 0.1) is 0 Å². The van der Waals surface area contributed by atoms with Crippen molar-refractivity contribution in [2.75, 3.05) is 30.3 Å². The molecule has 0 unspecified atom stereocenters. The molecule has 1 aromatic carbocycles. The second kappa shape index (κ2) is 8.57. The highest BCUT2D eigenvalue weighted by molar-refractivity contribution is 7.90. The Labute approximate surface area is 207 Å². The van der Waals surface area contributed by atoms with E-state index in [1.807, 2.05) is 6.07 Å². The highest BCUT2D eigenvalue weighted by Gasteiger charge is 2.36. The largest absolute Gasteiger partial charge is 0.368 e. The van der Waals surface area contributed by atoms with Crippen LogP contribution >= 0.6 is 0 Å². The Morgan fingerprint density at radius 1 is 1.08 bits per heavy atom. The molecule has 0 saturated carbocycles. The van der Waals surface area contributed by atoms with Gasteiger partial charge in [-0.25, -0.2) is 27.3 Å². The van der Waals surface area contributed by atoms with Crippen LogP contribution < -0.4 is 16.0 Å². The molecule has 4 aromatic rings. The van der Waals surface area contributed by atoms with Crippen molar-refractivity contribution in [3.8, 4) is 11.3 Å². The van der Waals surface area contributed by atoms with Crippen LogP contribution in [0.5, 0.6) is 0 Å². The van der Waals surface area contributed by atoms with Crippen LogP contribution in [-0.2, 0) is 19.6 Å². The van der Waals surface area contributed by atoms with Crippen molar-refractivity contribution in [1.82, 2.24) is 24.2 Å². The molecule has 2 atom stereocenters. The van der Waals surface area contributed by atoms with Gasteiger partial charge in [0.15, 0.2) is 5.65 Å². The monoisotopic (exact) mass is 505 g/mol. The lowest BCUT2D eigenvalue weighted by Gasteiger charge is -2.42. The molecule has 3 aromatic heterocycles. The number of nitrogens with two attached hydrogens (primary N) is 1. The van der Waals surface area contributed by atoms with Gasteiger partial charge in [0, 0.05) is 37.2 Å². The molecule has 5 heterocycles. The summed E-state index contributed by atoms with van der Waals surface area (Å²) in [4.78, 5) is 26.9. The molecule has 0 radical (unpaired) electrons. The summed E-state index contributed by atoms with van der Waals surface area (Å²) in [6.07, 6.45) is 5.19. The first kappa shape index (κ1) is 22.4. The molecule has 184 valence electrons. The molecule has 36 heavy (non-hydrogen) atoms. The average Bonchev–Trinajstić information content (AvgIpc) is 3.30. The van der Waals surface area contributed by atoms with E-state index in [-0.39, 0.29) is 41.2 Å². The van der Waals surface area contributed by atoms with Crippen LogP contribution in [0.25, 0.3) is 22.3 Å². The number of hydrogen-bond donors (Lipinski definition) is 2. The van der Waals surface area contributed by atoms with Crippen molar-refractivity contribution in [2.45, 2.75) is 23.5 Å². The highest BCUT2D eigenvalue weighted by Crippen LogP contribution is 2.38. The lowest BCUT2D eigenvalue weighted by Crippen LogP contribution is -2.59. The third kappa shape index (κ3) is 3.74. The summed E-state index contributed by atoms with van der Waals surface area (Å²) in [5.74, 6) is -0.0280. The maximum atomic E-state index is 13.7. The normalized spacial score (nSPS) is 20.2. The smallest absolute Gasteiger partial charge is 0.269 e. The number of hydrogen-bond acceptors (Lipinski definition) is 9. The molecule has 2 fully saturated rings. The van der Waals surface area contributed by atoms with Crippen molar-refractivity contribution in [2.24, 2.45) is 0 Å². The Morgan fingerprint density at radius 3 is 2.69 bits per heavy atom. The van der Waals surface area contributed by atoms with Crippen LogP contribution in [0.3, 0.4) is 0 Å². The number of carbonyl (C=O) groups is 1. The lowest BCUT2D eigenvalue weighted by atomic mass is 9.99. The van der Waals surface area contributed by atoms with E-state index in [4.69, 9.17) is 10.5 Å². The molecule has 12 heteroatoms. The molecule has 1 amide bonds. The Balaban J connectivity index is 1.53. The Hall–Kier alpha value is -4.03. The average molecular weight is 506 g/mol. The van der Waals surface area contributed by atoms with Gasteiger partial charge in [0.25, 0.3) is 10.0 Å². The summed E-state index contributed by atoms with van der Waals surface area (Å²) in [6.45, 7) is 1.20. The van der Waals surface area contributed by atoms with E-state index in [0.717, 1.165) is 5.69 Å². The standard InChI is InChI=1S/C24H23N7O4S/c25-24-27-9-6-17(29-24)16-12-31(36(33,34)15-4-2-1-3-5-15)23-22(16)19(7-10-26-23)30-11-8-18-20(13-30)35-14-21(32)28-18/h1-7,9-10,12,18,20H,8,11,13-14H2,(H,28,32)(H2,25,27,29)/t18-,20-/m0/s1. The second-order valence-corrected chi connectivity index (χ2v) is 10.6. The van der Waals surface area contributed by atoms with Crippen molar-refractivity contribution in [3.05, 3.63) is 61.1 Å². The van der Waals surface area contributed by atoms with Gasteiger partial charge in [-0.15, -0.1) is 0 Å². The number of rotatable bonds is 4. The van der Waals surface area contributed by atoms with Crippen LogP contribution in [0.1, 0.15) is 6.42 Å². The SMILES string of the molecule is Nc1nccc(-c2cn(S(=O)(=O)c3ccccc3)c3nccc(N4CC[C@@H]5NC(=O)CO[C@H]5C4)c23)n1. The molecule has 2 aliphatic heterocycles. The molecule has 6 rings (SSSR count). The minimum Gasteiger partial charge on any atom is -0.368 e. The number of pyridine rings is 1. The first-order chi connectivity index (χ1) is 17.4. The topological polar surface area (TPSA) is 145 Å². The van der Waals surface area contributed by atoms with Gasteiger partial charge < -0.3 is 20.7 Å². The highest BCUT2D eigenvalue weighted by atomic mass is 32.2. The summed E-state index contributed by atoms with van der Waals surface area (Å²) < 4.78 is 34.3. The van der Waals surface area contributed by atoms with Gasteiger partial charge in [-0.05, 0) is 30.7 Å². The zero-order valence-corrected chi connectivity index (χ0v) is 19.9. The van der Waals surface area contributed by atoms with Crippen molar-refractivity contribution < 1.29 is 17.9 Å². The fourth-order valence-electron chi connectivity index (χ4n) is 4.88. The molecule has 0 bridgehead atoms. The van der Waals surface area contributed by atoms with E-state index in [1.54, 1.807) is 42.6 Å². The number of piperidine rings is 1. The third-order valence-electron chi connectivity index (χ3n) is 6.56. The molecule has 0 spiro atoms. The van der Waals surface area contributed by atoms with E-state index >= 15 is 0 Å². The number of ether oxygens (including phenoxy) is 1. The number of amides is 1. The van der Waals surface area contributed by atoms with Gasteiger partial charge in [0.05, 0.1) is 33.8 Å². The fourth-order valence-corrected chi connectivity index (χ4v) is 6.22. The molecule has 0 aliphatic carbocycles. The molecule has 2 aliphatic rings. The van der Waals surface area contributed by atoms with Gasteiger partial charge >= 0.3 is 0 Å². The van der Waals surface area contributed by atoms with E-state index in [9.17, 15) is 13.2 Å². The number of aromatic nitrogens is 4. The number of morpholine rings is 1. The van der Waals surface area contributed by atoms with Crippen LogP contribution in [-0.4, -0.2) is 65.1 Å². The predicted molar refractivity (Wildman–Crippen MR) is 133 cm³/mol. The van der Waals surface area contributed by atoms with Gasteiger partial charge in [-0.3, -0.25) is 4.79 Å². The lowest BCUT2D eigenvalue weighted by molar-refractivity contribution is -0.137. The van der Waals surface area contributed by atoms with E-state index in [0.29, 0.717) is 36.2 Å². The number of nitrogens with one attached hydrogen (secondary N) is 1. The van der Waals surface area contributed by atoms with Gasteiger partial charge in [-0.1, -0.05) is 18.2 Å². The summed E-state index contributed by atoms with van der Waals surface area (Å²) >= 11 is 0. The van der Waals surface area contributed by atoms with Gasteiger partial charge in [0.1, 0.15) is 6.61 Å². The summed E-state index contributed by atoms with van der Waals surface area (Å²) in [7, 11) is -3.95. The van der Waals surface area contributed by atoms with Gasteiger partial charge in [-0.2, -0.15) is 0 Å².